The Morgan fingerprint density at radius 1 is 1.00 bits per heavy atom. The van der Waals surface area contributed by atoms with E-state index < -0.39 is 0 Å². The molecule has 0 radical (unpaired) electrons. The SMILES string of the molecule is CC(C)[C@H](NC(=O)N(C)[C@@H](C)c1ccc(F)cc1)c1ccc2c(c1)OCCO2. The van der Waals surface area contributed by atoms with E-state index in [1.807, 2.05) is 25.1 Å². The van der Waals surface area contributed by atoms with Gasteiger partial charge in [-0.3, -0.25) is 0 Å². The van der Waals surface area contributed by atoms with Gasteiger partial charge in [0.15, 0.2) is 11.5 Å². The van der Waals surface area contributed by atoms with Crippen molar-refractivity contribution in [2.24, 2.45) is 5.92 Å². The van der Waals surface area contributed by atoms with Crippen LogP contribution in [0.5, 0.6) is 11.5 Å². The molecule has 0 fully saturated rings. The zero-order chi connectivity index (χ0) is 20.3. The summed E-state index contributed by atoms with van der Waals surface area (Å²) in [6.07, 6.45) is 0. The van der Waals surface area contributed by atoms with Crippen molar-refractivity contribution in [3.63, 3.8) is 0 Å². The topological polar surface area (TPSA) is 50.8 Å². The fraction of sp³-hybridized carbons (Fsp3) is 0.409. The number of benzene rings is 2. The number of carbonyl (C=O) groups excluding carboxylic acids is 1. The van der Waals surface area contributed by atoms with Gasteiger partial charge in [-0.2, -0.15) is 0 Å². The molecule has 28 heavy (non-hydrogen) atoms. The molecule has 1 aliphatic heterocycles. The first kappa shape index (κ1) is 20.0. The zero-order valence-electron chi connectivity index (χ0n) is 16.7. The summed E-state index contributed by atoms with van der Waals surface area (Å²) < 4.78 is 24.4. The second-order valence-corrected chi connectivity index (χ2v) is 7.41. The first-order chi connectivity index (χ1) is 13.4. The number of carbonyl (C=O) groups is 1. The Balaban J connectivity index is 1.74. The Morgan fingerprint density at radius 2 is 1.61 bits per heavy atom. The van der Waals surface area contributed by atoms with Crippen LogP contribution in [0, 0.1) is 11.7 Å². The Kier molecular flexibility index (Phi) is 6.07. The van der Waals surface area contributed by atoms with Crippen LogP contribution in [0.3, 0.4) is 0 Å². The van der Waals surface area contributed by atoms with Crippen LogP contribution < -0.4 is 14.8 Å². The number of fused-ring (bicyclic) bond motifs is 1. The predicted octanol–water partition coefficient (Wildman–Crippen LogP) is 4.70. The summed E-state index contributed by atoms with van der Waals surface area (Å²) in [6.45, 7) is 7.10. The second-order valence-electron chi connectivity index (χ2n) is 7.41. The van der Waals surface area contributed by atoms with E-state index in [9.17, 15) is 9.18 Å². The van der Waals surface area contributed by atoms with Gasteiger partial charge in [0, 0.05) is 7.05 Å². The number of nitrogens with one attached hydrogen (secondary N) is 1. The minimum absolute atomic E-state index is 0.175. The number of rotatable bonds is 5. The van der Waals surface area contributed by atoms with Gasteiger partial charge in [-0.15, -0.1) is 0 Å². The van der Waals surface area contributed by atoms with E-state index in [0.717, 1.165) is 16.9 Å². The predicted molar refractivity (Wildman–Crippen MR) is 106 cm³/mol. The summed E-state index contributed by atoms with van der Waals surface area (Å²) in [5.41, 5.74) is 1.84. The summed E-state index contributed by atoms with van der Waals surface area (Å²) in [4.78, 5) is 14.5. The van der Waals surface area contributed by atoms with Crippen molar-refractivity contribution in [2.75, 3.05) is 20.3 Å². The van der Waals surface area contributed by atoms with Crippen LogP contribution in [0.4, 0.5) is 9.18 Å². The Labute approximate surface area is 165 Å². The summed E-state index contributed by atoms with van der Waals surface area (Å²) >= 11 is 0. The van der Waals surface area contributed by atoms with Crippen molar-refractivity contribution >= 4 is 6.03 Å². The van der Waals surface area contributed by atoms with Crippen molar-refractivity contribution < 1.29 is 18.7 Å². The van der Waals surface area contributed by atoms with Crippen molar-refractivity contribution in [3.05, 3.63) is 59.4 Å². The monoisotopic (exact) mass is 386 g/mol. The van der Waals surface area contributed by atoms with E-state index in [4.69, 9.17) is 9.47 Å². The van der Waals surface area contributed by atoms with E-state index in [2.05, 4.69) is 19.2 Å². The third-order valence-electron chi connectivity index (χ3n) is 5.12. The van der Waals surface area contributed by atoms with Crippen LogP contribution in [0.1, 0.15) is 44.0 Å². The normalized spacial score (nSPS) is 15.1. The van der Waals surface area contributed by atoms with E-state index in [-0.39, 0.29) is 29.8 Å². The number of halogens is 1. The smallest absolute Gasteiger partial charge is 0.318 e. The molecule has 6 heteroatoms. The maximum absolute atomic E-state index is 13.2. The highest BCUT2D eigenvalue weighted by molar-refractivity contribution is 5.75. The lowest BCUT2D eigenvalue weighted by molar-refractivity contribution is 0.170. The fourth-order valence-corrected chi connectivity index (χ4v) is 3.26. The number of urea groups is 1. The van der Waals surface area contributed by atoms with E-state index in [0.29, 0.717) is 19.0 Å². The molecule has 0 aromatic heterocycles. The molecular formula is C22H27FN2O3. The van der Waals surface area contributed by atoms with Crippen molar-refractivity contribution in [1.82, 2.24) is 10.2 Å². The van der Waals surface area contributed by atoms with Crippen molar-refractivity contribution in [3.8, 4) is 11.5 Å². The van der Waals surface area contributed by atoms with Crippen molar-refractivity contribution in [2.45, 2.75) is 32.9 Å². The van der Waals surface area contributed by atoms with E-state index in [1.54, 1.807) is 24.1 Å². The van der Waals surface area contributed by atoms with Gasteiger partial charge in [0.05, 0.1) is 12.1 Å². The molecule has 2 aromatic rings. The van der Waals surface area contributed by atoms with Gasteiger partial charge in [-0.25, -0.2) is 9.18 Å². The number of nitrogens with zero attached hydrogens (tertiary/aromatic N) is 1. The molecule has 1 aliphatic rings. The Morgan fingerprint density at radius 3 is 2.25 bits per heavy atom. The van der Waals surface area contributed by atoms with Gasteiger partial charge in [-0.1, -0.05) is 32.0 Å². The molecule has 0 saturated heterocycles. The summed E-state index contributed by atoms with van der Waals surface area (Å²) in [7, 11) is 1.74. The summed E-state index contributed by atoms with van der Waals surface area (Å²) in [5.74, 6) is 1.32. The first-order valence-electron chi connectivity index (χ1n) is 9.55. The average Bonchev–Trinajstić information content (AvgIpc) is 2.70. The maximum atomic E-state index is 13.2. The van der Waals surface area contributed by atoms with Crippen LogP contribution >= 0.6 is 0 Å². The molecule has 1 N–H and O–H groups in total. The Hall–Kier alpha value is -2.76. The van der Waals surface area contributed by atoms with Gasteiger partial charge in [0.1, 0.15) is 19.0 Å². The minimum atomic E-state index is -0.290. The van der Waals surface area contributed by atoms with Crippen LogP contribution in [-0.4, -0.2) is 31.2 Å². The molecule has 0 bridgehead atoms. The number of hydrogen-bond donors (Lipinski definition) is 1. The third-order valence-corrected chi connectivity index (χ3v) is 5.12. The molecule has 0 spiro atoms. The largest absolute Gasteiger partial charge is 0.486 e. The number of hydrogen-bond acceptors (Lipinski definition) is 3. The molecule has 3 rings (SSSR count). The Bertz CT molecular complexity index is 823. The molecule has 0 aliphatic carbocycles. The highest BCUT2D eigenvalue weighted by atomic mass is 19.1. The van der Waals surface area contributed by atoms with E-state index in [1.165, 1.54) is 12.1 Å². The van der Waals surface area contributed by atoms with E-state index >= 15 is 0 Å². The number of ether oxygens (including phenoxy) is 2. The van der Waals surface area contributed by atoms with Gasteiger partial charge < -0.3 is 19.7 Å². The molecular weight excluding hydrogens is 359 g/mol. The fourth-order valence-electron chi connectivity index (χ4n) is 3.26. The van der Waals surface area contributed by atoms with Gasteiger partial charge in [-0.05, 0) is 48.2 Å². The molecule has 2 amide bonds. The lowest BCUT2D eigenvalue weighted by Gasteiger charge is -2.30. The standard InChI is InChI=1S/C22H27FN2O3/c1-14(2)21(17-7-10-19-20(13-17)28-12-11-27-19)24-22(26)25(4)15(3)16-5-8-18(23)9-6-16/h5-10,13-15,21H,11-12H2,1-4H3,(H,24,26)/t15-,21-/m0/s1. The molecule has 0 unspecified atom stereocenters. The lowest BCUT2D eigenvalue weighted by atomic mass is 9.95. The lowest BCUT2D eigenvalue weighted by Crippen LogP contribution is -2.42. The molecule has 2 aromatic carbocycles. The van der Waals surface area contributed by atoms with Crippen LogP contribution in [0.2, 0.25) is 0 Å². The molecule has 1 heterocycles. The maximum Gasteiger partial charge on any atom is 0.318 e. The quantitative estimate of drug-likeness (QED) is 0.811. The molecule has 5 nitrogen and oxygen atoms in total. The summed E-state index contributed by atoms with van der Waals surface area (Å²) in [6, 6.07) is 11.4. The van der Waals surface area contributed by atoms with Gasteiger partial charge in [0.2, 0.25) is 0 Å². The van der Waals surface area contributed by atoms with Gasteiger partial charge in [0.25, 0.3) is 0 Å². The van der Waals surface area contributed by atoms with Crippen LogP contribution in [0.15, 0.2) is 42.5 Å². The molecule has 2 atom stereocenters. The van der Waals surface area contributed by atoms with Crippen molar-refractivity contribution in [1.29, 1.82) is 0 Å². The highest BCUT2D eigenvalue weighted by Gasteiger charge is 2.25. The second kappa shape index (κ2) is 8.50. The van der Waals surface area contributed by atoms with Crippen LogP contribution in [-0.2, 0) is 0 Å². The van der Waals surface area contributed by atoms with Gasteiger partial charge >= 0.3 is 6.03 Å². The average molecular weight is 386 g/mol. The number of amides is 2. The highest BCUT2D eigenvalue weighted by Crippen LogP contribution is 2.34. The van der Waals surface area contributed by atoms with Crippen LogP contribution in [0.25, 0.3) is 0 Å². The zero-order valence-corrected chi connectivity index (χ0v) is 16.7. The minimum Gasteiger partial charge on any atom is -0.486 e. The first-order valence-corrected chi connectivity index (χ1v) is 9.55. The summed E-state index contributed by atoms with van der Waals surface area (Å²) in [5, 5.41) is 3.12. The molecule has 0 saturated carbocycles. The molecule has 150 valence electrons. The third kappa shape index (κ3) is 4.38.